The van der Waals surface area contributed by atoms with Crippen LogP contribution in [-0.4, -0.2) is 27.8 Å². The first-order chi connectivity index (χ1) is 13.5. The Kier molecular flexibility index (Phi) is 6.96. The van der Waals surface area contributed by atoms with Crippen molar-refractivity contribution >= 4 is 41.1 Å². The summed E-state index contributed by atoms with van der Waals surface area (Å²) in [5.74, 6) is 0.742. The summed E-state index contributed by atoms with van der Waals surface area (Å²) in [6, 6.07) is 13.3. The van der Waals surface area contributed by atoms with Crippen LogP contribution in [0.3, 0.4) is 0 Å². The summed E-state index contributed by atoms with van der Waals surface area (Å²) in [5.41, 5.74) is 3.73. The Hall–Kier alpha value is -2.49. The number of nitrogens with one attached hydrogen (secondary N) is 3. The highest BCUT2D eigenvalue weighted by atomic mass is 32.2. The van der Waals surface area contributed by atoms with E-state index in [0.29, 0.717) is 0 Å². The summed E-state index contributed by atoms with van der Waals surface area (Å²) in [4.78, 5) is 13.4. The van der Waals surface area contributed by atoms with Crippen molar-refractivity contribution in [3.05, 3.63) is 59.9 Å². The average Bonchev–Trinajstić information content (AvgIpc) is 3.08. The third kappa shape index (κ3) is 5.51. The van der Waals surface area contributed by atoms with Crippen LogP contribution in [0.1, 0.15) is 11.1 Å². The van der Waals surface area contributed by atoms with Gasteiger partial charge in [-0.15, -0.1) is 10.2 Å². The van der Waals surface area contributed by atoms with Crippen LogP contribution in [-0.2, 0) is 12.8 Å². The molecule has 0 fully saturated rings. The lowest BCUT2D eigenvalue weighted by atomic mass is 10.2. The monoisotopic (exact) mass is 414 g/mol. The van der Waals surface area contributed by atoms with E-state index in [2.05, 4.69) is 25.6 Å². The maximum Gasteiger partial charge on any atom is 0.323 e. The first kappa shape index (κ1) is 20.2. The normalized spacial score (nSPS) is 10.7. The largest absolute Gasteiger partial charge is 0.323 e. The second kappa shape index (κ2) is 9.63. The van der Waals surface area contributed by atoms with Crippen LogP contribution in [0.4, 0.5) is 16.2 Å². The molecule has 3 aromatic rings. The predicted molar refractivity (Wildman–Crippen MR) is 116 cm³/mol. The van der Waals surface area contributed by atoms with Crippen molar-refractivity contribution in [3.8, 4) is 0 Å². The molecule has 9 heteroatoms. The van der Waals surface area contributed by atoms with Crippen LogP contribution in [0.15, 0.2) is 58.8 Å². The Bertz CT molecular complexity index is 959. The summed E-state index contributed by atoms with van der Waals surface area (Å²) in [5, 5.41) is 14.6. The zero-order valence-corrected chi connectivity index (χ0v) is 17.5. The molecule has 3 rings (SSSR count). The molecule has 0 radical (unpaired) electrons. The Morgan fingerprint density at radius 3 is 2.64 bits per heavy atom. The van der Waals surface area contributed by atoms with Gasteiger partial charge in [0.25, 0.3) is 0 Å². The SMILES string of the molecule is CNSc1cc(NC(=O)Nc2cccc(CSc3nncn3C)c2)ccc1C. The molecule has 0 spiro atoms. The second-order valence-electron chi connectivity index (χ2n) is 6.08. The Labute approximate surface area is 172 Å². The van der Waals surface area contributed by atoms with Gasteiger partial charge in [-0.1, -0.05) is 30.0 Å². The molecule has 146 valence electrons. The van der Waals surface area contributed by atoms with E-state index in [9.17, 15) is 4.79 Å². The van der Waals surface area contributed by atoms with Crippen LogP contribution in [0.2, 0.25) is 0 Å². The number of carbonyl (C=O) groups excluding carboxylic acids is 1. The van der Waals surface area contributed by atoms with Crippen LogP contribution in [0, 0.1) is 6.92 Å². The first-order valence-electron chi connectivity index (χ1n) is 8.63. The summed E-state index contributed by atoms with van der Waals surface area (Å²) in [6.07, 6.45) is 1.68. The lowest BCUT2D eigenvalue weighted by Crippen LogP contribution is -2.19. The number of thioether (sulfide) groups is 1. The highest BCUT2D eigenvalue weighted by molar-refractivity contribution is 7.98. The minimum absolute atomic E-state index is 0.276. The molecule has 2 amide bonds. The van der Waals surface area contributed by atoms with Gasteiger partial charge in [0, 0.05) is 29.1 Å². The number of carbonyl (C=O) groups is 1. The molecule has 7 nitrogen and oxygen atoms in total. The third-order valence-corrected chi connectivity index (χ3v) is 5.85. The van der Waals surface area contributed by atoms with Gasteiger partial charge in [0.1, 0.15) is 6.33 Å². The summed E-state index contributed by atoms with van der Waals surface area (Å²) < 4.78 is 4.93. The van der Waals surface area contributed by atoms with E-state index in [1.54, 1.807) is 18.1 Å². The minimum Gasteiger partial charge on any atom is -0.312 e. The molecule has 0 unspecified atom stereocenters. The van der Waals surface area contributed by atoms with Crippen molar-refractivity contribution in [2.24, 2.45) is 7.05 Å². The molecule has 0 saturated heterocycles. The van der Waals surface area contributed by atoms with Gasteiger partial charge in [-0.2, -0.15) is 0 Å². The van der Waals surface area contributed by atoms with E-state index in [1.165, 1.54) is 11.9 Å². The molecular formula is C19H22N6OS2. The van der Waals surface area contributed by atoms with Crippen molar-refractivity contribution in [3.63, 3.8) is 0 Å². The molecule has 0 saturated carbocycles. The number of aryl methyl sites for hydroxylation is 2. The van der Waals surface area contributed by atoms with Crippen molar-refractivity contribution < 1.29 is 4.79 Å². The van der Waals surface area contributed by atoms with E-state index in [-0.39, 0.29) is 6.03 Å². The molecule has 0 aliphatic carbocycles. The Balaban J connectivity index is 1.59. The molecule has 3 N–H and O–H groups in total. The number of amides is 2. The van der Waals surface area contributed by atoms with Gasteiger partial charge < -0.3 is 15.2 Å². The van der Waals surface area contributed by atoms with Crippen LogP contribution >= 0.6 is 23.7 Å². The Morgan fingerprint density at radius 2 is 1.93 bits per heavy atom. The van der Waals surface area contributed by atoms with Crippen molar-refractivity contribution in [2.75, 3.05) is 17.7 Å². The fourth-order valence-electron chi connectivity index (χ4n) is 2.48. The quantitative estimate of drug-likeness (QED) is 0.395. The molecule has 0 aliphatic rings. The van der Waals surface area contributed by atoms with E-state index >= 15 is 0 Å². The molecule has 0 bridgehead atoms. The minimum atomic E-state index is -0.276. The number of hydrogen-bond donors (Lipinski definition) is 3. The van der Waals surface area contributed by atoms with Crippen LogP contribution in [0.5, 0.6) is 0 Å². The fourth-order valence-corrected chi connectivity index (χ4v) is 3.95. The van der Waals surface area contributed by atoms with Crippen molar-refractivity contribution in [1.82, 2.24) is 19.5 Å². The van der Waals surface area contributed by atoms with E-state index in [4.69, 9.17) is 0 Å². The number of urea groups is 1. The highest BCUT2D eigenvalue weighted by Gasteiger charge is 2.07. The van der Waals surface area contributed by atoms with Gasteiger partial charge in [-0.3, -0.25) is 4.72 Å². The molecule has 2 aromatic carbocycles. The summed E-state index contributed by atoms with van der Waals surface area (Å²) >= 11 is 3.12. The van der Waals surface area contributed by atoms with Crippen LogP contribution < -0.4 is 15.4 Å². The fraction of sp³-hybridized carbons (Fsp3) is 0.211. The zero-order valence-electron chi connectivity index (χ0n) is 15.9. The van der Waals surface area contributed by atoms with Crippen LogP contribution in [0.25, 0.3) is 0 Å². The average molecular weight is 415 g/mol. The van der Waals surface area contributed by atoms with E-state index in [0.717, 1.165) is 38.3 Å². The van der Waals surface area contributed by atoms with Gasteiger partial charge in [0.2, 0.25) is 0 Å². The molecule has 1 aromatic heterocycles. The maximum atomic E-state index is 12.4. The third-order valence-electron chi connectivity index (χ3n) is 3.88. The van der Waals surface area contributed by atoms with Crippen molar-refractivity contribution in [2.45, 2.75) is 22.7 Å². The van der Waals surface area contributed by atoms with Gasteiger partial charge >= 0.3 is 6.03 Å². The van der Waals surface area contributed by atoms with Gasteiger partial charge in [-0.05, 0) is 61.3 Å². The van der Waals surface area contributed by atoms with E-state index in [1.807, 2.05) is 68.1 Å². The molecule has 1 heterocycles. The van der Waals surface area contributed by atoms with E-state index < -0.39 is 0 Å². The number of aromatic nitrogens is 3. The van der Waals surface area contributed by atoms with Crippen molar-refractivity contribution in [1.29, 1.82) is 0 Å². The molecular weight excluding hydrogens is 392 g/mol. The van der Waals surface area contributed by atoms with Gasteiger partial charge in [0.05, 0.1) is 0 Å². The predicted octanol–water partition coefficient (Wildman–Crippen LogP) is 4.29. The smallest absolute Gasteiger partial charge is 0.312 e. The lowest BCUT2D eigenvalue weighted by Gasteiger charge is -2.11. The summed E-state index contributed by atoms with van der Waals surface area (Å²) in [6.45, 7) is 2.04. The second-order valence-corrected chi connectivity index (χ2v) is 8.07. The number of rotatable bonds is 7. The number of benzene rings is 2. The highest BCUT2D eigenvalue weighted by Crippen LogP contribution is 2.24. The zero-order chi connectivity index (χ0) is 19.9. The van der Waals surface area contributed by atoms with Gasteiger partial charge in [-0.25, -0.2) is 4.79 Å². The van der Waals surface area contributed by atoms with Gasteiger partial charge in [0.15, 0.2) is 5.16 Å². The first-order valence-corrected chi connectivity index (χ1v) is 10.4. The standard InChI is InChI=1S/C19H22N6OS2/c1-13-7-8-16(10-17(13)28-20-2)23-18(26)22-15-6-4-5-14(9-15)11-27-19-24-21-12-25(19)3/h4-10,12,20H,11H2,1-3H3,(H2,22,23,26). The lowest BCUT2D eigenvalue weighted by molar-refractivity contribution is 0.262. The molecule has 0 aliphatic heterocycles. The molecule has 28 heavy (non-hydrogen) atoms. The summed E-state index contributed by atoms with van der Waals surface area (Å²) in [7, 11) is 3.78. The molecule has 0 atom stereocenters. The number of anilines is 2. The topological polar surface area (TPSA) is 83.9 Å². The number of hydrogen-bond acceptors (Lipinski definition) is 6. The Morgan fingerprint density at radius 1 is 1.14 bits per heavy atom. The maximum absolute atomic E-state index is 12.4. The number of nitrogens with zero attached hydrogens (tertiary/aromatic N) is 3.